The second kappa shape index (κ2) is 5.07. The summed E-state index contributed by atoms with van der Waals surface area (Å²) >= 11 is 0. The molecule has 114 valence electrons. The largest absolute Gasteiger partial charge is 0.398 e. The number of aryl methyl sites for hydroxylation is 4. The van der Waals surface area contributed by atoms with Gasteiger partial charge in [-0.05, 0) is 44.9 Å². The first-order chi connectivity index (χ1) is 9.63. The molecule has 0 atom stereocenters. The third-order valence-corrected chi connectivity index (χ3v) is 5.19. The van der Waals surface area contributed by atoms with E-state index in [0.717, 1.165) is 11.1 Å². The second-order valence-electron chi connectivity index (χ2n) is 5.25. The van der Waals surface area contributed by atoms with Crippen LogP contribution in [0.2, 0.25) is 0 Å². The lowest BCUT2D eigenvalue weighted by atomic mass is 10.1. The summed E-state index contributed by atoms with van der Waals surface area (Å²) in [6.07, 6.45) is 0. The lowest BCUT2D eigenvalue weighted by molar-refractivity contribution is 0.599. The normalized spacial score (nSPS) is 11.7. The van der Waals surface area contributed by atoms with Gasteiger partial charge < -0.3 is 5.73 Å². The van der Waals surface area contributed by atoms with E-state index < -0.39 is 10.0 Å². The SMILES string of the molecule is Cc1cc(C)c(NS(=O)(=O)c2c(C)nn(C)c2C)cc1N. The molecule has 0 unspecified atom stereocenters. The molecule has 1 aromatic heterocycles. The molecular formula is C14H20N4O2S. The number of nitrogen functional groups attached to an aromatic ring is 1. The van der Waals surface area contributed by atoms with Crippen molar-refractivity contribution in [3.63, 3.8) is 0 Å². The van der Waals surface area contributed by atoms with Crippen molar-refractivity contribution in [3.8, 4) is 0 Å². The molecule has 2 rings (SSSR count). The van der Waals surface area contributed by atoms with E-state index in [9.17, 15) is 8.42 Å². The van der Waals surface area contributed by atoms with Gasteiger partial charge in [-0.3, -0.25) is 9.40 Å². The highest BCUT2D eigenvalue weighted by Gasteiger charge is 2.24. The third kappa shape index (κ3) is 2.73. The standard InChI is InChI=1S/C14H20N4O2S/c1-8-6-9(2)13(7-12(8)15)17-21(19,20)14-10(3)16-18(5)11(14)4/h6-7,17H,15H2,1-5H3. The molecule has 0 bridgehead atoms. The van der Waals surface area contributed by atoms with Crippen LogP contribution in [0, 0.1) is 27.7 Å². The summed E-state index contributed by atoms with van der Waals surface area (Å²) in [7, 11) is -1.98. The Kier molecular flexibility index (Phi) is 3.71. The Bertz CT molecular complexity index is 807. The smallest absolute Gasteiger partial charge is 0.265 e. The van der Waals surface area contributed by atoms with Crippen molar-refractivity contribution in [3.05, 3.63) is 34.6 Å². The molecule has 0 saturated heterocycles. The number of nitrogens with zero attached hydrogens (tertiary/aromatic N) is 2. The highest BCUT2D eigenvalue weighted by molar-refractivity contribution is 7.92. The van der Waals surface area contributed by atoms with E-state index in [1.54, 1.807) is 31.6 Å². The number of hydrogen-bond donors (Lipinski definition) is 2. The van der Waals surface area contributed by atoms with E-state index >= 15 is 0 Å². The molecule has 6 nitrogen and oxygen atoms in total. The van der Waals surface area contributed by atoms with Crippen LogP contribution in [0.25, 0.3) is 0 Å². The van der Waals surface area contributed by atoms with Gasteiger partial charge in [0.05, 0.1) is 17.1 Å². The molecule has 0 spiro atoms. The van der Waals surface area contributed by atoms with Crippen molar-refractivity contribution >= 4 is 21.4 Å². The van der Waals surface area contributed by atoms with Gasteiger partial charge in [-0.2, -0.15) is 5.10 Å². The molecule has 0 saturated carbocycles. The zero-order chi connectivity index (χ0) is 15.9. The first kappa shape index (κ1) is 15.4. The number of anilines is 2. The average molecular weight is 308 g/mol. The molecular weight excluding hydrogens is 288 g/mol. The van der Waals surface area contributed by atoms with Crippen molar-refractivity contribution in [1.82, 2.24) is 9.78 Å². The van der Waals surface area contributed by atoms with E-state index in [2.05, 4.69) is 9.82 Å². The van der Waals surface area contributed by atoms with E-state index in [1.807, 2.05) is 19.9 Å². The molecule has 0 radical (unpaired) electrons. The number of nitrogens with one attached hydrogen (secondary N) is 1. The number of aromatic nitrogens is 2. The van der Waals surface area contributed by atoms with Crippen LogP contribution in [0.3, 0.4) is 0 Å². The van der Waals surface area contributed by atoms with Gasteiger partial charge in [-0.25, -0.2) is 8.42 Å². The summed E-state index contributed by atoms with van der Waals surface area (Å²) in [6.45, 7) is 7.13. The van der Waals surface area contributed by atoms with Gasteiger partial charge in [0, 0.05) is 12.7 Å². The van der Waals surface area contributed by atoms with Crippen LogP contribution >= 0.6 is 0 Å². The highest BCUT2D eigenvalue weighted by atomic mass is 32.2. The van der Waals surface area contributed by atoms with Crippen molar-refractivity contribution in [2.24, 2.45) is 7.05 Å². The van der Waals surface area contributed by atoms with Crippen molar-refractivity contribution in [1.29, 1.82) is 0 Å². The Hall–Kier alpha value is -2.02. The molecule has 3 N–H and O–H groups in total. The number of hydrogen-bond acceptors (Lipinski definition) is 4. The third-order valence-electron chi connectivity index (χ3n) is 3.57. The topological polar surface area (TPSA) is 90.0 Å². The lowest BCUT2D eigenvalue weighted by Gasteiger charge is -2.13. The monoisotopic (exact) mass is 308 g/mol. The Labute approximate surface area is 125 Å². The van der Waals surface area contributed by atoms with E-state index in [4.69, 9.17) is 5.73 Å². The molecule has 0 aliphatic carbocycles. The molecule has 0 amide bonds. The second-order valence-corrected chi connectivity index (χ2v) is 6.87. The predicted octanol–water partition coefficient (Wildman–Crippen LogP) is 2.04. The van der Waals surface area contributed by atoms with Crippen LogP contribution in [-0.4, -0.2) is 18.2 Å². The maximum Gasteiger partial charge on any atom is 0.265 e. The van der Waals surface area contributed by atoms with Crippen molar-refractivity contribution in [2.75, 3.05) is 10.5 Å². The van der Waals surface area contributed by atoms with Crippen LogP contribution in [-0.2, 0) is 17.1 Å². The van der Waals surface area contributed by atoms with Gasteiger partial charge >= 0.3 is 0 Å². The van der Waals surface area contributed by atoms with Gasteiger partial charge in [0.15, 0.2) is 0 Å². The molecule has 2 aromatic rings. The molecule has 1 aromatic carbocycles. The summed E-state index contributed by atoms with van der Waals surface area (Å²) in [6, 6.07) is 3.50. The summed E-state index contributed by atoms with van der Waals surface area (Å²) in [5.74, 6) is 0. The molecule has 7 heteroatoms. The van der Waals surface area contributed by atoms with E-state index in [0.29, 0.717) is 22.8 Å². The van der Waals surface area contributed by atoms with Crippen LogP contribution in [0.1, 0.15) is 22.5 Å². The number of benzene rings is 1. The quantitative estimate of drug-likeness (QED) is 0.849. The number of rotatable bonds is 3. The minimum atomic E-state index is -3.69. The summed E-state index contributed by atoms with van der Waals surface area (Å²) in [5, 5.41) is 4.15. The van der Waals surface area contributed by atoms with Crippen LogP contribution in [0.5, 0.6) is 0 Å². The number of sulfonamides is 1. The molecule has 0 aliphatic rings. The van der Waals surface area contributed by atoms with Crippen molar-refractivity contribution < 1.29 is 8.42 Å². The predicted molar refractivity (Wildman–Crippen MR) is 83.8 cm³/mol. The van der Waals surface area contributed by atoms with Gasteiger partial charge in [-0.1, -0.05) is 6.07 Å². The number of nitrogens with two attached hydrogens (primary N) is 1. The first-order valence-corrected chi connectivity index (χ1v) is 8.01. The van der Waals surface area contributed by atoms with Crippen LogP contribution in [0.15, 0.2) is 17.0 Å². The molecule has 0 fully saturated rings. The van der Waals surface area contributed by atoms with Gasteiger partial charge in [0.25, 0.3) is 10.0 Å². The Morgan fingerprint density at radius 2 is 1.76 bits per heavy atom. The summed E-state index contributed by atoms with van der Waals surface area (Å²) in [4.78, 5) is 0.212. The van der Waals surface area contributed by atoms with Gasteiger partial charge in [0.1, 0.15) is 4.90 Å². The fourth-order valence-corrected chi connectivity index (χ4v) is 3.88. The fraction of sp³-hybridized carbons (Fsp3) is 0.357. The summed E-state index contributed by atoms with van der Waals surface area (Å²) < 4.78 is 29.4. The Morgan fingerprint density at radius 3 is 2.29 bits per heavy atom. The maximum absolute atomic E-state index is 12.6. The minimum Gasteiger partial charge on any atom is -0.398 e. The maximum atomic E-state index is 12.6. The van der Waals surface area contributed by atoms with E-state index in [-0.39, 0.29) is 4.90 Å². The van der Waals surface area contributed by atoms with Gasteiger partial charge in [-0.15, -0.1) is 0 Å². The minimum absolute atomic E-state index is 0.212. The van der Waals surface area contributed by atoms with Crippen LogP contribution in [0.4, 0.5) is 11.4 Å². The average Bonchev–Trinajstić information content (AvgIpc) is 2.60. The zero-order valence-corrected chi connectivity index (χ0v) is 13.7. The first-order valence-electron chi connectivity index (χ1n) is 6.53. The molecule has 21 heavy (non-hydrogen) atoms. The van der Waals surface area contributed by atoms with E-state index in [1.165, 1.54) is 0 Å². The zero-order valence-electron chi connectivity index (χ0n) is 12.9. The van der Waals surface area contributed by atoms with Crippen LogP contribution < -0.4 is 10.5 Å². The Morgan fingerprint density at radius 1 is 1.14 bits per heavy atom. The fourth-order valence-electron chi connectivity index (χ4n) is 2.32. The molecule has 1 heterocycles. The van der Waals surface area contributed by atoms with Crippen molar-refractivity contribution in [2.45, 2.75) is 32.6 Å². The highest BCUT2D eigenvalue weighted by Crippen LogP contribution is 2.27. The molecule has 0 aliphatic heterocycles. The van der Waals surface area contributed by atoms with Gasteiger partial charge in [0.2, 0.25) is 0 Å². The summed E-state index contributed by atoms with van der Waals surface area (Å²) in [5.41, 5.74) is 9.71. The Balaban J connectivity index is 2.50. The lowest BCUT2D eigenvalue weighted by Crippen LogP contribution is -2.16.